The van der Waals surface area contributed by atoms with E-state index in [9.17, 15) is 18.0 Å². The average molecular weight is 278 g/mol. The molecule has 18 heavy (non-hydrogen) atoms. The number of urea groups is 1. The van der Waals surface area contributed by atoms with E-state index in [0.29, 0.717) is 19.3 Å². The molecule has 0 aliphatic heterocycles. The highest BCUT2D eigenvalue weighted by atomic mass is 32.2. The highest BCUT2D eigenvalue weighted by Gasteiger charge is 2.30. The molecule has 0 spiro atoms. The number of carboxylic acid groups (broad SMARTS) is 1. The van der Waals surface area contributed by atoms with Crippen molar-refractivity contribution >= 4 is 21.8 Å². The Morgan fingerprint density at radius 2 is 2.00 bits per heavy atom. The van der Waals surface area contributed by atoms with Crippen molar-refractivity contribution in [3.05, 3.63) is 0 Å². The number of carbonyl (C=O) groups is 2. The summed E-state index contributed by atoms with van der Waals surface area (Å²) in [4.78, 5) is 22.1. The first-order chi connectivity index (χ1) is 8.28. The lowest BCUT2D eigenvalue weighted by molar-refractivity contribution is -0.141. The molecule has 1 saturated carbocycles. The van der Waals surface area contributed by atoms with Crippen LogP contribution in [0.4, 0.5) is 4.79 Å². The van der Waals surface area contributed by atoms with Gasteiger partial charge in [0.2, 0.25) is 0 Å². The molecule has 1 aliphatic carbocycles. The third-order valence-electron chi connectivity index (χ3n) is 2.88. The lowest BCUT2D eigenvalue weighted by Crippen LogP contribution is -2.42. The number of amides is 2. The first kappa shape index (κ1) is 14.7. The van der Waals surface area contributed by atoms with Crippen molar-refractivity contribution in [1.82, 2.24) is 10.6 Å². The van der Waals surface area contributed by atoms with Crippen molar-refractivity contribution in [3.8, 4) is 0 Å². The minimum Gasteiger partial charge on any atom is -0.481 e. The highest BCUT2D eigenvalue weighted by molar-refractivity contribution is 7.90. The molecule has 0 radical (unpaired) electrons. The summed E-state index contributed by atoms with van der Waals surface area (Å²) in [6.07, 6.45) is 2.72. The van der Waals surface area contributed by atoms with E-state index in [1.807, 2.05) is 0 Å². The zero-order valence-electron chi connectivity index (χ0n) is 10.2. The van der Waals surface area contributed by atoms with E-state index in [0.717, 1.165) is 6.26 Å². The molecule has 1 rings (SSSR count). The Hall–Kier alpha value is -1.31. The molecule has 0 aromatic rings. The standard InChI is InChI=1S/C10H18N2O5S/c1-18(16,17)5-4-11-10(15)12-8-3-2-7(6-8)9(13)14/h7-8H,2-6H2,1H3,(H,13,14)(H2,11,12,15). The molecule has 0 aromatic heterocycles. The van der Waals surface area contributed by atoms with Crippen molar-refractivity contribution in [3.63, 3.8) is 0 Å². The van der Waals surface area contributed by atoms with Crippen molar-refractivity contribution < 1.29 is 23.1 Å². The number of carbonyl (C=O) groups excluding carboxylic acids is 1. The summed E-state index contributed by atoms with van der Waals surface area (Å²) in [5.41, 5.74) is 0. The van der Waals surface area contributed by atoms with Gasteiger partial charge in [-0.05, 0) is 19.3 Å². The maximum absolute atomic E-state index is 11.4. The highest BCUT2D eigenvalue weighted by Crippen LogP contribution is 2.25. The van der Waals surface area contributed by atoms with Crippen molar-refractivity contribution in [1.29, 1.82) is 0 Å². The van der Waals surface area contributed by atoms with E-state index in [1.165, 1.54) is 0 Å². The van der Waals surface area contributed by atoms with Crippen molar-refractivity contribution in [2.24, 2.45) is 5.92 Å². The molecule has 1 aliphatic rings. The number of sulfone groups is 1. The second-order valence-corrected chi connectivity index (χ2v) is 6.84. The number of nitrogens with one attached hydrogen (secondary N) is 2. The molecular formula is C10H18N2O5S. The van der Waals surface area contributed by atoms with Gasteiger partial charge in [0.1, 0.15) is 9.84 Å². The van der Waals surface area contributed by atoms with E-state index in [1.54, 1.807) is 0 Å². The van der Waals surface area contributed by atoms with Gasteiger partial charge in [-0.1, -0.05) is 0 Å². The van der Waals surface area contributed by atoms with Gasteiger partial charge in [-0.3, -0.25) is 4.79 Å². The van der Waals surface area contributed by atoms with Crippen LogP contribution in [-0.2, 0) is 14.6 Å². The summed E-state index contributed by atoms with van der Waals surface area (Å²) in [6.45, 7) is 0.0553. The number of carboxylic acids is 1. The predicted molar refractivity (Wildman–Crippen MR) is 65.0 cm³/mol. The average Bonchev–Trinajstić information content (AvgIpc) is 2.64. The van der Waals surface area contributed by atoms with Gasteiger partial charge in [-0.25, -0.2) is 13.2 Å². The molecule has 2 amide bonds. The smallest absolute Gasteiger partial charge is 0.315 e. The number of hydrogen-bond donors (Lipinski definition) is 3. The Labute approximate surface area is 106 Å². The molecule has 7 nitrogen and oxygen atoms in total. The van der Waals surface area contributed by atoms with E-state index < -0.39 is 27.8 Å². The lowest BCUT2D eigenvalue weighted by atomic mass is 10.1. The van der Waals surface area contributed by atoms with Crippen LogP contribution in [0.15, 0.2) is 0 Å². The van der Waals surface area contributed by atoms with Gasteiger partial charge in [0.05, 0.1) is 11.7 Å². The number of rotatable bonds is 5. The Morgan fingerprint density at radius 1 is 1.33 bits per heavy atom. The minimum atomic E-state index is -3.09. The minimum absolute atomic E-state index is 0.0553. The summed E-state index contributed by atoms with van der Waals surface area (Å²) < 4.78 is 21.7. The lowest BCUT2D eigenvalue weighted by Gasteiger charge is -2.13. The zero-order valence-corrected chi connectivity index (χ0v) is 11.0. The van der Waals surface area contributed by atoms with Gasteiger partial charge in [0.25, 0.3) is 0 Å². The summed E-state index contributed by atoms with van der Waals surface area (Å²) >= 11 is 0. The molecule has 1 fully saturated rings. The van der Waals surface area contributed by atoms with Gasteiger partial charge < -0.3 is 15.7 Å². The van der Waals surface area contributed by atoms with Crippen LogP contribution in [0, 0.1) is 5.92 Å². The fraction of sp³-hybridized carbons (Fsp3) is 0.800. The third-order valence-corrected chi connectivity index (χ3v) is 3.82. The van der Waals surface area contributed by atoms with E-state index in [-0.39, 0.29) is 18.3 Å². The van der Waals surface area contributed by atoms with Crippen LogP contribution < -0.4 is 10.6 Å². The first-order valence-electron chi connectivity index (χ1n) is 5.73. The van der Waals surface area contributed by atoms with E-state index in [2.05, 4.69) is 10.6 Å². The second kappa shape index (κ2) is 6.03. The molecule has 0 saturated heterocycles. The Bertz CT molecular complexity index is 420. The van der Waals surface area contributed by atoms with Crippen LogP contribution >= 0.6 is 0 Å². The Balaban J connectivity index is 2.23. The Kier molecular flexibility index (Phi) is 4.94. The van der Waals surface area contributed by atoms with Gasteiger partial charge in [0.15, 0.2) is 0 Å². The summed E-state index contributed by atoms with van der Waals surface area (Å²) in [5.74, 6) is -1.34. The normalized spacial score (nSPS) is 23.6. The monoisotopic (exact) mass is 278 g/mol. The van der Waals surface area contributed by atoms with Gasteiger partial charge in [0, 0.05) is 18.8 Å². The Morgan fingerprint density at radius 3 is 2.50 bits per heavy atom. The van der Waals surface area contributed by atoms with Crippen LogP contribution in [-0.4, -0.2) is 50.1 Å². The van der Waals surface area contributed by atoms with Crippen LogP contribution in [0.2, 0.25) is 0 Å². The second-order valence-electron chi connectivity index (χ2n) is 4.58. The fourth-order valence-corrected chi connectivity index (χ4v) is 2.40. The topological polar surface area (TPSA) is 113 Å². The largest absolute Gasteiger partial charge is 0.481 e. The van der Waals surface area contributed by atoms with Crippen LogP contribution in [0.25, 0.3) is 0 Å². The van der Waals surface area contributed by atoms with E-state index in [4.69, 9.17) is 5.11 Å². The molecule has 0 heterocycles. The van der Waals surface area contributed by atoms with Crippen LogP contribution in [0.1, 0.15) is 19.3 Å². The quantitative estimate of drug-likeness (QED) is 0.632. The maximum Gasteiger partial charge on any atom is 0.315 e. The molecule has 2 atom stereocenters. The van der Waals surface area contributed by atoms with Crippen molar-refractivity contribution in [2.45, 2.75) is 25.3 Å². The summed E-state index contributed by atoms with van der Waals surface area (Å²) in [5, 5.41) is 13.9. The molecule has 3 N–H and O–H groups in total. The fourth-order valence-electron chi connectivity index (χ4n) is 1.92. The molecule has 0 aromatic carbocycles. The van der Waals surface area contributed by atoms with Gasteiger partial charge >= 0.3 is 12.0 Å². The summed E-state index contributed by atoms with van der Waals surface area (Å²) in [7, 11) is -3.09. The molecule has 0 bridgehead atoms. The van der Waals surface area contributed by atoms with Crippen LogP contribution in [0.3, 0.4) is 0 Å². The SMILES string of the molecule is CS(=O)(=O)CCNC(=O)NC1CCC(C(=O)O)C1. The number of hydrogen-bond acceptors (Lipinski definition) is 4. The molecule has 8 heteroatoms. The number of aliphatic carboxylic acids is 1. The molecule has 104 valence electrons. The molecular weight excluding hydrogens is 260 g/mol. The predicted octanol–water partition coefficient (Wildman–Crippen LogP) is -0.416. The van der Waals surface area contributed by atoms with Gasteiger partial charge in [-0.2, -0.15) is 0 Å². The third kappa shape index (κ3) is 5.35. The first-order valence-corrected chi connectivity index (χ1v) is 7.79. The maximum atomic E-state index is 11.4. The van der Waals surface area contributed by atoms with Gasteiger partial charge in [-0.15, -0.1) is 0 Å². The van der Waals surface area contributed by atoms with E-state index >= 15 is 0 Å². The zero-order chi connectivity index (χ0) is 13.8. The molecule has 2 unspecified atom stereocenters. The summed E-state index contributed by atoms with van der Waals surface area (Å²) in [6, 6.07) is -0.598. The van der Waals surface area contributed by atoms with Crippen LogP contribution in [0.5, 0.6) is 0 Å². The van der Waals surface area contributed by atoms with Crippen molar-refractivity contribution in [2.75, 3.05) is 18.6 Å².